The van der Waals surface area contributed by atoms with Crippen molar-refractivity contribution in [3.8, 4) is 0 Å². The van der Waals surface area contributed by atoms with E-state index >= 15 is 0 Å². The largest absolute Gasteiger partial charge is 0.355 e. The van der Waals surface area contributed by atoms with E-state index in [9.17, 15) is 9.59 Å². The highest BCUT2D eigenvalue weighted by atomic mass is 16.2. The molecule has 0 unspecified atom stereocenters. The van der Waals surface area contributed by atoms with Gasteiger partial charge in [-0.2, -0.15) is 0 Å². The van der Waals surface area contributed by atoms with Gasteiger partial charge in [-0.1, -0.05) is 0 Å². The molecule has 0 spiro atoms. The summed E-state index contributed by atoms with van der Waals surface area (Å²) in [4.78, 5) is 26.5. The van der Waals surface area contributed by atoms with E-state index in [1.165, 1.54) is 19.3 Å². The van der Waals surface area contributed by atoms with E-state index in [2.05, 4.69) is 10.6 Å². The second-order valence-corrected chi connectivity index (χ2v) is 8.12. The average Bonchev–Trinajstić information content (AvgIpc) is 2.51. The van der Waals surface area contributed by atoms with Crippen LogP contribution in [0.25, 0.3) is 0 Å². The Hall–Kier alpha value is -1.10. The molecule has 0 aromatic rings. The van der Waals surface area contributed by atoms with Crippen molar-refractivity contribution in [2.45, 2.75) is 44.9 Å². The van der Waals surface area contributed by atoms with Crippen molar-refractivity contribution in [2.24, 2.45) is 23.2 Å². The lowest BCUT2D eigenvalue weighted by Gasteiger charge is -2.55. The van der Waals surface area contributed by atoms with E-state index in [-0.39, 0.29) is 17.2 Å². The number of nitrogens with one attached hydrogen (secondary N) is 2. The van der Waals surface area contributed by atoms with Gasteiger partial charge in [0.05, 0.1) is 0 Å². The van der Waals surface area contributed by atoms with E-state index in [1.54, 1.807) is 4.90 Å². The van der Waals surface area contributed by atoms with Crippen LogP contribution in [0.2, 0.25) is 0 Å². The van der Waals surface area contributed by atoms with Crippen molar-refractivity contribution in [1.82, 2.24) is 15.5 Å². The van der Waals surface area contributed by atoms with Crippen LogP contribution < -0.4 is 10.6 Å². The maximum Gasteiger partial charge on any atom is 0.226 e. The van der Waals surface area contributed by atoms with Gasteiger partial charge in [-0.15, -0.1) is 0 Å². The van der Waals surface area contributed by atoms with Gasteiger partial charge >= 0.3 is 0 Å². The third-order valence-electron chi connectivity index (χ3n) is 6.27. The van der Waals surface area contributed by atoms with Crippen molar-refractivity contribution < 1.29 is 9.59 Å². The molecule has 0 aromatic carbocycles. The van der Waals surface area contributed by atoms with Crippen LogP contribution >= 0.6 is 0 Å². The molecule has 2 N–H and O–H groups in total. The fourth-order valence-corrected chi connectivity index (χ4v) is 5.45. The van der Waals surface area contributed by atoms with Crippen LogP contribution in [0, 0.1) is 23.2 Å². The molecule has 0 saturated heterocycles. The maximum absolute atomic E-state index is 12.8. The third-order valence-corrected chi connectivity index (χ3v) is 6.27. The summed E-state index contributed by atoms with van der Waals surface area (Å²) in [5.41, 5.74) is -0.101. The summed E-state index contributed by atoms with van der Waals surface area (Å²) in [7, 11) is 3.70. The van der Waals surface area contributed by atoms with E-state index < -0.39 is 0 Å². The fraction of sp³-hybridized carbons (Fsp3) is 0.889. The van der Waals surface area contributed by atoms with Gasteiger partial charge < -0.3 is 15.5 Å². The average molecular weight is 321 g/mol. The summed E-state index contributed by atoms with van der Waals surface area (Å²) in [6.07, 6.45) is 7.70. The van der Waals surface area contributed by atoms with Crippen molar-refractivity contribution in [3.63, 3.8) is 0 Å². The molecule has 0 radical (unpaired) electrons. The van der Waals surface area contributed by atoms with Crippen LogP contribution in [0.1, 0.15) is 44.9 Å². The molecule has 5 heteroatoms. The smallest absolute Gasteiger partial charge is 0.226 e. The predicted molar refractivity (Wildman–Crippen MR) is 89.8 cm³/mol. The Labute approximate surface area is 139 Å². The highest BCUT2D eigenvalue weighted by molar-refractivity contribution is 5.84. The van der Waals surface area contributed by atoms with Crippen molar-refractivity contribution in [3.05, 3.63) is 0 Å². The molecule has 23 heavy (non-hydrogen) atoms. The number of nitrogens with zero attached hydrogens (tertiary/aromatic N) is 1. The topological polar surface area (TPSA) is 61.4 Å². The lowest BCUT2D eigenvalue weighted by atomic mass is 9.49. The molecule has 4 aliphatic rings. The van der Waals surface area contributed by atoms with Gasteiger partial charge in [0.15, 0.2) is 0 Å². The minimum Gasteiger partial charge on any atom is -0.355 e. The van der Waals surface area contributed by atoms with E-state index in [0.717, 1.165) is 43.6 Å². The third kappa shape index (κ3) is 3.54. The Morgan fingerprint density at radius 2 is 1.61 bits per heavy atom. The van der Waals surface area contributed by atoms with E-state index in [1.807, 2.05) is 14.1 Å². The lowest BCUT2D eigenvalue weighted by Crippen LogP contribution is -2.53. The first kappa shape index (κ1) is 16.7. The molecule has 0 aromatic heterocycles. The fourth-order valence-electron chi connectivity index (χ4n) is 5.45. The Kier molecular flexibility index (Phi) is 4.95. The van der Waals surface area contributed by atoms with Gasteiger partial charge in [0.2, 0.25) is 11.8 Å². The van der Waals surface area contributed by atoms with Gasteiger partial charge in [0, 0.05) is 38.5 Å². The Bertz CT molecular complexity index is 428. The molecule has 4 aliphatic carbocycles. The number of likely N-dealkylation sites (N-methyl/N-ethyl adjacent to an activating group) is 2. The van der Waals surface area contributed by atoms with Crippen LogP contribution in [-0.2, 0) is 9.59 Å². The molecule has 4 saturated carbocycles. The number of amides is 2. The first-order chi connectivity index (χ1) is 11.0. The minimum absolute atomic E-state index is 0.101. The first-order valence-corrected chi connectivity index (χ1v) is 9.19. The Morgan fingerprint density at radius 1 is 1.04 bits per heavy atom. The molecule has 0 aliphatic heterocycles. The summed E-state index contributed by atoms with van der Waals surface area (Å²) in [5.74, 6) is 2.66. The van der Waals surface area contributed by atoms with Crippen molar-refractivity contribution >= 4 is 11.8 Å². The molecule has 5 nitrogen and oxygen atoms in total. The first-order valence-electron chi connectivity index (χ1n) is 9.19. The van der Waals surface area contributed by atoms with Crippen molar-refractivity contribution in [2.75, 3.05) is 33.7 Å². The monoisotopic (exact) mass is 321 g/mol. The highest BCUT2D eigenvalue weighted by Crippen LogP contribution is 2.60. The minimum atomic E-state index is -0.101. The molecule has 0 heterocycles. The Balaban J connectivity index is 1.46. The van der Waals surface area contributed by atoms with Crippen LogP contribution in [0.5, 0.6) is 0 Å². The number of hydrogen-bond donors (Lipinski definition) is 2. The molecular weight excluding hydrogens is 290 g/mol. The zero-order valence-corrected chi connectivity index (χ0v) is 14.6. The number of hydrogen-bond acceptors (Lipinski definition) is 3. The van der Waals surface area contributed by atoms with Gasteiger partial charge in [-0.3, -0.25) is 9.59 Å². The standard InChI is InChI=1S/C18H31N3O2/c1-19-5-6-21(2)16(22)3-4-20-17(23)18-10-13-7-14(11-18)9-15(8-13)12-18/h13-15,19H,3-12H2,1-2H3,(H,20,23). The summed E-state index contributed by atoms with van der Waals surface area (Å²) in [6.45, 7) is 1.98. The molecule has 0 atom stereocenters. The van der Waals surface area contributed by atoms with Crippen molar-refractivity contribution in [1.29, 1.82) is 0 Å². The highest BCUT2D eigenvalue weighted by Gasteiger charge is 2.54. The number of rotatable bonds is 7. The number of carbonyl (C=O) groups is 2. The number of carbonyl (C=O) groups excluding carboxylic acids is 2. The molecule has 4 bridgehead atoms. The predicted octanol–water partition coefficient (Wildman–Crippen LogP) is 1.39. The summed E-state index contributed by atoms with van der Waals surface area (Å²) < 4.78 is 0. The van der Waals surface area contributed by atoms with E-state index in [4.69, 9.17) is 0 Å². The van der Waals surface area contributed by atoms with Gasteiger partial charge in [0.25, 0.3) is 0 Å². The molecular formula is C18H31N3O2. The van der Waals surface area contributed by atoms with Crippen LogP contribution in [0.4, 0.5) is 0 Å². The molecule has 4 rings (SSSR count). The normalized spacial score (nSPS) is 34.4. The zero-order valence-electron chi connectivity index (χ0n) is 14.6. The second-order valence-electron chi connectivity index (χ2n) is 8.12. The summed E-state index contributed by atoms with van der Waals surface area (Å²) in [5, 5.41) is 6.12. The van der Waals surface area contributed by atoms with Gasteiger partial charge in [-0.25, -0.2) is 0 Å². The van der Waals surface area contributed by atoms with Gasteiger partial charge in [0.1, 0.15) is 0 Å². The summed E-state index contributed by atoms with van der Waals surface area (Å²) >= 11 is 0. The molecule has 130 valence electrons. The van der Waals surface area contributed by atoms with Gasteiger partial charge in [-0.05, 0) is 63.3 Å². The van der Waals surface area contributed by atoms with Crippen LogP contribution in [-0.4, -0.2) is 50.4 Å². The van der Waals surface area contributed by atoms with Crippen LogP contribution in [0.15, 0.2) is 0 Å². The molecule has 2 amide bonds. The van der Waals surface area contributed by atoms with E-state index in [0.29, 0.717) is 19.5 Å². The Morgan fingerprint density at radius 3 is 2.13 bits per heavy atom. The maximum atomic E-state index is 12.8. The second kappa shape index (κ2) is 6.80. The SMILES string of the molecule is CNCCN(C)C(=O)CCNC(=O)C12CC3CC(CC(C3)C1)C2. The lowest BCUT2D eigenvalue weighted by molar-refractivity contribution is -0.146. The molecule has 4 fully saturated rings. The quantitative estimate of drug-likeness (QED) is 0.745. The zero-order chi connectivity index (χ0) is 16.4. The van der Waals surface area contributed by atoms with Crippen LogP contribution in [0.3, 0.4) is 0 Å². The summed E-state index contributed by atoms with van der Waals surface area (Å²) in [6, 6.07) is 0.